The average Bonchev–Trinajstić information content (AvgIpc) is 3.24. The first-order valence-electron chi connectivity index (χ1n) is 7.29. The Morgan fingerprint density at radius 1 is 1.25 bits per heavy atom. The molecular formula is C15H24N2O2S. The number of anilines is 1. The van der Waals surface area contributed by atoms with E-state index in [2.05, 4.69) is 4.90 Å². The van der Waals surface area contributed by atoms with Crippen LogP contribution in [0.5, 0.6) is 0 Å². The van der Waals surface area contributed by atoms with Crippen LogP contribution in [-0.4, -0.2) is 37.4 Å². The fourth-order valence-electron chi connectivity index (χ4n) is 2.32. The van der Waals surface area contributed by atoms with Crippen molar-refractivity contribution in [2.75, 3.05) is 23.8 Å². The lowest BCUT2D eigenvalue weighted by molar-refractivity contribution is 0.255. The molecule has 0 aromatic heterocycles. The highest BCUT2D eigenvalue weighted by Gasteiger charge is 2.28. The van der Waals surface area contributed by atoms with Crippen LogP contribution in [0.25, 0.3) is 0 Å². The van der Waals surface area contributed by atoms with Gasteiger partial charge in [-0.15, -0.1) is 0 Å². The van der Waals surface area contributed by atoms with E-state index in [1.807, 2.05) is 24.3 Å². The number of nitrogens with zero attached hydrogens (tertiary/aromatic N) is 1. The van der Waals surface area contributed by atoms with Gasteiger partial charge in [-0.3, -0.25) is 4.90 Å². The zero-order chi connectivity index (χ0) is 14.6. The third-order valence-corrected chi connectivity index (χ3v) is 5.56. The minimum atomic E-state index is -2.84. The van der Waals surface area contributed by atoms with E-state index >= 15 is 0 Å². The molecular weight excluding hydrogens is 272 g/mol. The molecule has 1 fully saturated rings. The van der Waals surface area contributed by atoms with Crippen molar-refractivity contribution >= 4 is 15.5 Å². The van der Waals surface area contributed by atoms with Gasteiger partial charge < -0.3 is 5.73 Å². The molecule has 0 aliphatic heterocycles. The molecule has 2 N–H and O–H groups in total. The second-order valence-corrected chi connectivity index (χ2v) is 8.01. The molecule has 0 radical (unpaired) electrons. The lowest BCUT2D eigenvalue weighted by Crippen LogP contribution is -2.28. The summed E-state index contributed by atoms with van der Waals surface area (Å²) in [7, 11) is -2.84. The molecule has 0 saturated heterocycles. The maximum atomic E-state index is 11.5. The molecule has 1 aliphatic rings. The summed E-state index contributed by atoms with van der Waals surface area (Å²) in [6, 6.07) is 8.57. The van der Waals surface area contributed by atoms with Crippen LogP contribution in [0.15, 0.2) is 24.3 Å². The number of sulfone groups is 1. The standard InChI is InChI=1S/C15H24N2O2S/c1-2-20(18,19)11-3-10-17(15-8-9-15)12-13-4-6-14(16)7-5-13/h4-7,15H,2-3,8-12,16H2,1H3. The molecule has 5 heteroatoms. The fourth-order valence-corrected chi connectivity index (χ4v) is 3.18. The predicted octanol–water partition coefficient (Wildman–Crippen LogP) is 2.06. The van der Waals surface area contributed by atoms with Gasteiger partial charge in [0.05, 0.1) is 5.75 Å². The van der Waals surface area contributed by atoms with Gasteiger partial charge in [0, 0.05) is 24.0 Å². The minimum Gasteiger partial charge on any atom is -0.399 e. The Hall–Kier alpha value is -1.07. The molecule has 2 rings (SSSR count). The van der Waals surface area contributed by atoms with Crippen molar-refractivity contribution in [2.24, 2.45) is 0 Å². The number of nitrogen functional groups attached to an aromatic ring is 1. The first-order valence-corrected chi connectivity index (χ1v) is 9.11. The topological polar surface area (TPSA) is 63.4 Å². The third kappa shape index (κ3) is 4.80. The molecule has 1 saturated carbocycles. The third-order valence-electron chi connectivity index (χ3n) is 3.77. The van der Waals surface area contributed by atoms with Gasteiger partial charge in [0.2, 0.25) is 0 Å². The van der Waals surface area contributed by atoms with Crippen LogP contribution in [-0.2, 0) is 16.4 Å². The second-order valence-electron chi connectivity index (χ2n) is 5.53. The van der Waals surface area contributed by atoms with Crippen molar-refractivity contribution in [2.45, 2.75) is 38.8 Å². The summed E-state index contributed by atoms with van der Waals surface area (Å²) in [4.78, 5) is 2.40. The largest absolute Gasteiger partial charge is 0.399 e. The molecule has 0 bridgehead atoms. The number of hydrogen-bond acceptors (Lipinski definition) is 4. The number of nitrogens with two attached hydrogens (primary N) is 1. The van der Waals surface area contributed by atoms with Gasteiger partial charge in [0.1, 0.15) is 9.84 Å². The molecule has 0 atom stereocenters. The first kappa shape index (κ1) is 15.3. The van der Waals surface area contributed by atoms with E-state index in [0.717, 1.165) is 25.2 Å². The Kier molecular flexibility index (Phi) is 5.05. The monoisotopic (exact) mass is 296 g/mol. The maximum absolute atomic E-state index is 11.5. The van der Waals surface area contributed by atoms with E-state index < -0.39 is 9.84 Å². The Balaban J connectivity index is 1.86. The summed E-state index contributed by atoms with van der Waals surface area (Å²) in [5.74, 6) is 0.544. The van der Waals surface area contributed by atoms with Crippen molar-refractivity contribution in [3.05, 3.63) is 29.8 Å². The summed E-state index contributed by atoms with van der Waals surface area (Å²) < 4.78 is 23.1. The van der Waals surface area contributed by atoms with Gasteiger partial charge in [0.15, 0.2) is 0 Å². The molecule has 1 aromatic rings. The van der Waals surface area contributed by atoms with Gasteiger partial charge >= 0.3 is 0 Å². The van der Waals surface area contributed by atoms with Crippen molar-refractivity contribution in [3.8, 4) is 0 Å². The van der Waals surface area contributed by atoms with E-state index in [-0.39, 0.29) is 5.75 Å². The van der Waals surface area contributed by atoms with Gasteiger partial charge in [-0.2, -0.15) is 0 Å². The SMILES string of the molecule is CCS(=O)(=O)CCCN(Cc1ccc(N)cc1)C1CC1. The zero-order valence-corrected chi connectivity index (χ0v) is 12.9. The first-order chi connectivity index (χ1) is 9.50. The highest BCUT2D eigenvalue weighted by atomic mass is 32.2. The highest BCUT2D eigenvalue weighted by Crippen LogP contribution is 2.28. The Morgan fingerprint density at radius 2 is 1.90 bits per heavy atom. The van der Waals surface area contributed by atoms with Crippen molar-refractivity contribution in [1.82, 2.24) is 4.90 Å². The quantitative estimate of drug-likeness (QED) is 0.746. The Bertz CT molecular complexity index is 521. The van der Waals surface area contributed by atoms with Crippen LogP contribution < -0.4 is 5.73 Å². The van der Waals surface area contributed by atoms with Crippen molar-refractivity contribution in [1.29, 1.82) is 0 Å². The van der Waals surface area contributed by atoms with Crippen LogP contribution in [0.3, 0.4) is 0 Å². The van der Waals surface area contributed by atoms with Crippen LogP contribution in [0, 0.1) is 0 Å². The van der Waals surface area contributed by atoms with Crippen LogP contribution >= 0.6 is 0 Å². The molecule has 112 valence electrons. The lowest BCUT2D eigenvalue weighted by atomic mass is 10.2. The summed E-state index contributed by atoms with van der Waals surface area (Å²) in [5.41, 5.74) is 7.71. The number of benzene rings is 1. The summed E-state index contributed by atoms with van der Waals surface area (Å²) in [5, 5.41) is 0. The molecule has 1 aliphatic carbocycles. The fraction of sp³-hybridized carbons (Fsp3) is 0.600. The Morgan fingerprint density at radius 3 is 2.45 bits per heavy atom. The average molecular weight is 296 g/mol. The maximum Gasteiger partial charge on any atom is 0.150 e. The molecule has 4 nitrogen and oxygen atoms in total. The van der Waals surface area contributed by atoms with E-state index in [9.17, 15) is 8.42 Å². The van der Waals surface area contributed by atoms with Crippen LogP contribution in [0.2, 0.25) is 0 Å². The number of rotatable bonds is 8. The Labute approximate surface area is 121 Å². The summed E-state index contributed by atoms with van der Waals surface area (Å²) in [6.07, 6.45) is 3.19. The highest BCUT2D eigenvalue weighted by molar-refractivity contribution is 7.91. The minimum absolute atomic E-state index is 0.244. The smallest absolute Gasteiger partial charge is 0.150 e. The normalized spacial score (nSPS) is 15.7. The van der Waals surface area contributed by atoms with E-state index in [1.165, 1.54) is 18.4 Å². The van der Waals surface area contributed by atoms with Gasteiger partial charge in [-0.1, -0.05) is 19.1 Å². The van der Waals surface area contributed by atoms with Crippen molar-refractivity contribution < 1.29 is 8.42 Å². The zero-order valence-electron chi connectivity index (χ0n) is 12.1. The molecule has 20 heavy (non-hydrogen) atoms. The summed E-state index contributed by atoms with van der Waals surface area (Å²) >= 11 is 0. The number of hydrogen-bond donors (Lipinski definition) is 1. The second kappa shape index (κ2) is 6.59. The molecule has 0 amide bonds. The predicted molar refractivity (Wildman–Crippen MR) is 83.2 cm³/mol. The van der Waals surface area contributed by atoms with Crippen molar-refractivity contribution in [3.63, 3.8) is 0 Å². The molecule has 0 spiro atoms. The van der Waals surface area contributed by atoms with Crippen LogP contribution in [0.1, 0.15) is 31.7 Å². The molecule has 0 unspecified atom stereocenters. The van der Waals surface area contributed by atoms with Gasteiger partial charge in [-0.05, 0) is 43.5 Å². The lowest BCUT2D eigenvalue weighted by Gasteiger charge is -2.22. The molecule has 0 heterocycles. The van der Waals surface area contributed by atoms with Gasteiger partial charge in [-0.25, -0.2) is 8.42 Å². The van der Waals surface area contributed by atoms with E-state index in [1.54, 1.807) is 6.92 Å². The van der Waals surface area contributed by atoms with Gasteiger partial charge in [0.25, 0.3) is 0 Å². The summed E-state index contributed by atoms with van der Waals surface area (Å²) in [6.45, 7) is 3.45. The molecule has 1 aromatic carbocycles. The van der Waals surface area contributed by atoms with Crippen LogP contribution in [0.4, 0.5) is 5.69 Å². The van der Waals surface area contributed by atoms with E-state index in [4.69, 9.17) is 5.73 Å². The van der Waals surface area contributed by atoms with E-state index in [0.29, 0.717) is 11.8 Å².